The normalized spacial score (nSPS) is 27.0. The molecule has 21 heavy (non-hydrogen) atoms. The maximum Gasteiger partial charge on any atom is 0.0139 e. The Labute approximate surface area is 133 Å². The van der Waals surface area contributed by atoms with E-state index in [-0.39, 0.29) is 0 Å². The zero-order valence-electron chi connectivity index (χ0n) is 15.1. The van der Waals surface area contributed by atoms with Crippen molar-refractivity contribution in [2.45, 2.75) is 58.9 Å². The Kier molecular flexibility index (Phi) is 8.84. The SMILES string of the molecule is CCCC1CCC(CN)C(N(CCN(C)C)CC(C)C)C1. The molecule has 0 bridgehead atoms. The topological polar surface area (TPSA) is 32.5 Å². The zero-order chi connectivity index (χ0) is 15.8. The van der Waals surface area contributed by atoms with E-state index in [2.05, 4.69) is 44.7 Å². The van der Waals surface area contributed by atoms with E-state index in [1.54, 1.807) is 0 Å². The fourth-order valence-electron chi connectivity index (χ4n) is 3.88. The number of likely N-dealkylation sites (N-methyl/N-ethyl adjacent to an activating group) is 1. The van der Waals surface area contributed by atoms with E-state index < -0.39 is 0 Å². The van der Waals surface area contributed by atoms with Crippen molar-refractivity contribution in [3.8, 4) is 0 Å². The Morgan fingerprint density at radius 1 is 1.14 bits per heavy atom. The number of nitrogens with zero attached hydrogens (tertiary/aromatic N) is 2. The summed E-state index contributed by atoms with van der Waals surface area (Å²) in [7, 11) is 4.35. The van der Waals surface area contributed by atoms with E-state index in [4.69, 9.17) is 5.73 Å². The van der Waals surface area contributed by atoms with Gasteiger partial charge in [0.2, 0.25) is 0 Å². The average molecular weight is 298 g/mol. The molecule has 0 aromatic heterocycles. The standard InChI is InChI=1S/C18H39N3/c1-6-7-16-8-9-17(13-19)18(12-16)21(14-15(2)3)11-10-20(4)5/h15-18H,6-14,19H2,1-5H3. The smallest absolute Gasteiger partial charge is 0.0139 e. The first-order chi connectivity index (χ1) is 9.97. The molecule has 0 spiro atoms. The summed E-state index contributed by atoms with van der Waals surface area (Å²) in [5.74, 6) is 2.37. The van der Waals surface area contributed by atoms with Gasteiger partial charge in [-0.25, -0.2) is 0 Å². The van der Waals surface area contributed by atoms with Crippen LogP contribution in [-0.2, 0) is 0 Å². The molecular weight excluding hydrogens is 258 g/mol. The number of hydrogen-bond acceptors (Lipinski definition) is 3. The van der Waals surface area contributed by atoms with Crippen molar-refractivity contribution >= 4 is 0 Å². The largest absolute Gasteiger partial charge is 0.330 e. The summed E-state index contributed by atoms with van der Waals surface area (Å²) in [5.41, 5.74) is 6.10. The minimum atomic E-state index is 0.707. The minimum Gasteiger partial charge on any atom is -0.330 e. The second-order valence-electron chi connectivity index (χ2n) is 7.72. The van der Waals surface area contributed by atoms with Gasteiger partial charge in [0.1, 0.15) is 0 Å². The van der Waals surface area contributed by atoms with Crippen molar-refractivity contribution in [1.82, 2.24) is 9.80 Å². The fourth-order valence-corrected chi connectivity index (χ4v) is 3.88. The van der Waals surface area contributed by atoms with E-state index in [0.29, 0.717) is 12.0 Å². The predicted molar refractivity (Wildman–Crippen MR) is 93.5 cm³/mol. The van der Waals surface area contributed by atoms with Gasteiger partial charge < -0.3 is 10.6 Å². The molecule has 0 amide bonds. The highest BCUT2D eigenvalue weighted by atomic mass is 15.2. The van der Waals surface area contributed by atoms with Crippen LogP contribution in [-0.4, -0.2) is 56.1 Å². The molecule has 2 N–H and O–H groups in total. The summed E-state index contributed by atoms with van der Waals surface area (Å²) in [4.78, 5) is 5.06. The highest BCUT2D eigenvalue weighted by Crippen LogP contribution is 2.34. The van der Waals surface area contributed by atoms with E-state index in [0.717, 1.165) is 24.9 Å². The highest BCUT2D eigenvalue weighted by molar-refractivity contribution is 4.88. The van der Waals surface area contributed by atoms with Crippen molar-refractivity contribution in [2.75, 3.05) is 40.3 Å². The van der Waals surface area contributed by atoms with Crippen molar-refractivity contribution < 1.29 is 0 Å². The Morgan fingerprint density at radius 3 is 2.38 bits per heavy atom. The summed E-state index contributed by atoms with van der Waals surface area (Å²) in [6, 6.07) is 0.711. The zero-order valence-corrected chi connectivity index (χ0v) is 15.1. The highest BCUT2D eigenvalue weighted by Gasteiger charge is 2.33. The van der Waals surface area contributed by atoms with Gasteiger partial charge in [-0.2, -0.15) is 0 Å². The molecule has 1 saturated carbocycles. The van der Waals surface area contributed by atoms with Crippen LogP contribution in [0.1, 0.15) is 52.9 Å². The summed E-state index contributed by atoms with van der Waals surface area (Å²) >= 11 is 0. The van der Waals surface area contributed by atoms with Crippen molar-refractivity contribution in [3.63, 3.8) is 0 Å². The second kappa shape index (κ2) is 9.81. The van der Waals surface area contributed by atoms with E-state index in [9.17, 15) is 0 Å². The van der Waals surface area contributed by atoms with Crippen LogP contribution in [0.25, 0.3) is 0 Å². The molecule has 0 saturated heterocycles. The maximum absolute atomic E-state index is 6.10. The lowest BCUT2D eigenvalue weighted by Gasteiger charge is -2.43. The molecule has 1 fully saturated rings. The monoisotopic (exact) mass is 297 g/mol. The molecule has 3 atom stereocenters. The molecule has 1 aliphatic carbocycles. The summed E-state index contributed by atoms with van der Waals surface area (Å²) in [5, 5.41) is 0. The molecule has 3 heteroatoms. The Balaban J connectivity index is 2.72. The predicted octanol–water partition coefficient (Wildman–Crippen LogP) is 3.05. The van der Waals surface area contributed by atoms with Crippen LogP contribution in [0.15, 0.2) is 0 Å². The van der Waals surface area contributed by atoms with Crippen LogP contribution >= 0.6 is 0 Å². The first-order valence-electron chi connectivity index (χ1n) is 9.06. The van der Waals surface area contributed by atoms with Crippen LogP contribution in [0.2, 0.25) is 0 Å². The molecular formula is C18H39N3. The maximum atomic E-state index is 6.10. The van der Waals surface area contributed by atoms with Gasteiger partial charge in [0.25, 0.3) is 0 Å². The van der Waals surface area contributed by atoms with Gasteiger partial charge in [0, 0.05) is 25.7 Å². The van der Waals surface area contributed by atoms with Gasteiger partial charge in [-0.15, -0.1) is 0 Å². The van der Waals surface area contributed by atoms with Crippen molar-refractivity contribution in [2.24, 2.45) is 23.5 Å². The third-order valence-electron chi connectivity index (χ3n) is 4.97. The molecule has 0 aliphatic heterocycles. The summed E-state index contributed by atoms with van der Waals surface area (Å²) < 4.78 is 0. The van der Waals surface area contributed by atoms with Crippen LogP contribution in [0.4, 0.5) is 0 Å². The number of hydrogen-bond donors (Lipinski definition) is 1. The van der Waals surface area contributed by atoms with Gasteiger partial charge in [-0.05, 0) is 51.2 Å². The number of rotatable bonds is 9. The molecule has 126 valence electrons. The average Bonchev–Trinajstić information content (AvgIpc) is 2.43. The van der Waals surface area contributed by atoms with Crippen LogP contribution in [0, 0.1) is 17.8 Å². The third-order valence-corrected chi connectivity index (χ3v) is 4.97. The first-order valence-corrected chi connectivity index (χ1v) is 9.06. The van der Waals surface area contributed by atoms with Gasteiger partial charge in [0.15, 0.2) is 0 Å². The lowest BCUT2D eigenvalue weighted by Crippen LogP contribution is -2.50. The molecule has 1 rings (SSSR count). The van der Waals surface area contributed by atoms with E-state index in [1.165, 1.54) is 45.2 Å². The molecule has 0 radical (unpaired) electrons. The van der Waals surface area contributed by atoms with Gasteiger partial charge in [-0.3, -0.25) is 4.90 Å². The minimum absolute atomic E-state index is 0.707. The van der Waals surface area contributed by atoms with Crippen LogP contribution < -0.4 is 5.73 Å². The molecule has 1 aliphatic rings. The quantitative estimate of drug-likeness (QED) is 0.710. The van der Waals surface area contributed by atoms with Crippen molar-refractivity contribution in [3.05, 3.63) is 0 Å². The summed E-state index contributed by atoms with van der Waals surface area (Å²) in [6.45, 7) is 11.4. The Bertz CT molecular complexity index is 265. The Hall–Kier alpha value is -0.120. The second-order valence-corrected chi connectivity index (χ2v) is 7.72. The molecule has 0 heterocycles. The molecule has 0 aromatic carbocycles. The number of nitrogens with two attached hydrogens (primary N) is 1. The van der Waals surface area contributed by atoms with Crippen LogP contribution in [0.5, 0.6) is 0 Å². The lowest BCUT2D eigenvalue weighted by atomic mass is 9.75. The first kappa shape index (κ1) is 18.9. The molecule has 3 unspecified atom stereocenters. The Morgan fingerprint density at radius 2 is 1.86 bits per heavy atom. The fraction of sp³-hybridized carbons (Fsp3) is 1.00. The van der Waals surface area contributed by atoms with Gasteiger partial charge >= 0.3 is 0 Å². The van der Waals surface area contributed by atoms with Gasteiger partial charge in [0.05, 0.1) is 0 Å². The summed E-state index contributed by atoms with van der Waals surface area (Å²) in [6.07, 6.45) is 6.83. The van der Waals surface area contributed by atoms with Gasteiger partial charge in [-0.1, -0.05) is 40.0 Å². The molecule has 3 nitrogen and oxygen atoms in total. The lowest BCUT2D eigenvalue weighted by molar-refractivity contribution is 0.0644. The van der Waals surface area contributed by atoms with E-state index >= 15 is 0 Å². The van der Waals surface area contributed by atoms with Crippen molar-refractivity contribution in [1.29, 1.82) is 0 Å². The van der Waals surface area contributed by atoms with Crippen LogP contribution in [0.3, 0.4) is 0 Å². The molecule has 0 aromatic rings. The van der Waals surface area contributed by atoms with E-state index in [1.807, 2.05) is 0 Å². The third kappa shape index (κ3) is 6.66.